The number of halogens is 3. The molecule has 1 N–H and O–H groups in total. The molecule has 0 spiro atoms. The van der Waals surface area contributed by atoms with Crippen LogP contribution in [-0.4, -0.2) is 25.5 Å². The molecule has 0 unspecified atom stereocenters. The van der Waals surface area contributed by atoms with E-state index in [4.69, 9.17) is 0 Å². The van der Waals surface area contributed by atoms with Gasteiger partial charge in [-0.25, -0.2) is 4.39 Å². The van der Waals surface area contributed by atoms with Crippen LogP contribution in [0.4, 0.5) is 10.1 Å². The van der Waals surface area contributed by atoms with E-state index in [1.165, 1.54) is 12.1 Å². The van der Waals surface area contributed by atoms with Gasteiger partial charge in [-0.1, -0.05) is 0 Å². The Morgan fingerprint density at radius 3 is 2.81 bits per heavy atom. The van der Waals surface area contributed by atoms with Crippen molar-refractivity contribution in [2.45, 2.75) is 0 Å². The van der Waals surface area contributed by atoms with E-state index >= 15 is 0 Å². The molecule has 0 aromatic heterocycles. The maximum Gasteiger partial charge on any atom is 0.241 e. The van der Waals surface area contributed by atoms with Gasteiger partial charge in [-0.3, -0.25) is 4.79 Å². The smallest absolute Gasteiger partial charge is 0.241 e. The van der Waals surface area contributed by atoms with Gasteiger partial charge in [0.1, 0.15) is 5.82 Å². The van der Waals surface area contributed by atoms with Crippen molar-refractivity contribution in [1.82, 2.24) is 5.32 Å². The van der Waals surface area contributed by atoms with Crippen molar-refractivity contribution in [2.24, 2.45) is 0 Å². The molecule has 1 saturated heterocycles. The van der Waals surface area contributed by atoms with Crippen LogP contribution < -0.4 is 10.2 Å². The maximum absolute atomic E-state index is 12.9. The Labute approximate surface area is 108 Å². The Balaban J connectivity index is 0.00000128. The zero-order valence-corrected chi connectivity index (χ0v) is 10.8. The SMILES string of the molecule is Cl.O=C1CNCCN1c1ccc(F)cc1Br. The molecule has 0 radical (unpaired) electrons. The number of nitrogens with one attached hydrogen (secondary N) is 1. The van der Waals surface area contributed by atoms with E-state index in [1.54, 1.807) is 11.0 Å². The Morgan fingerprint density at radius 1 is 1.44 bits per heavy atom. The summed E-state index contributed by atoms with van der Waals surface area (Å²) in [7, 11) is 0. The number of carbonyl (C=O) groups excluding carboxylic acids is 1. The highest BCUT2D eigenvalue weighted by Crippen LogP contribution is 2.27. The second-order valence-electron chi connectivity index (χ2n) is 3.32. The molecule has 0 aliphatic carbocycles. The lowest BCUT2D eigenvalue weighted by Gasteiger charge is -2.28. The van der Waals surface area contributed by atoms with Gasteiger partial charge in [-0.2, -0.15) is 0 Å². The minimum absolute atomic E-state index is 0. The van der Waals surface area contributed by atoms with Crippen molar-refractivity contribution in [2.75, 3.05) is 24.5 Å². The molecule has 0 bridgehead atoms. The van der Waals surface area contributed by atoms with Crippen LogP contribution in [0.2, 0.25) is 0 Å². The molecule has 0 saturated carbocycles. The molecule has 1 fully saturated rings. The van der Waals surface area contributed by atoms with E-state index in [0.717, 1.165) is 12.2 Å². The van der Waals surface area contributed by atoms with Crippen LogP contribution in [0, 0.1) is 5.82 Å². The summed E-state index contributed by atoms with van der Waals surface area (Å²) in [4.78, 5) is 13.2. The van der Waals surface area contributed by atoms with Crippen molar-refractivity contribution in [3.05, 3.63) is 28.5 Å². The largest absolute Gasteiger partial charge is 0.309 e. The minimum Gasteiger partial charge on any atom is -0.309 e. The molecule has 3 nitrogen and oxygen atoms in total. The van der Waals surface area contributed by atoms with Gasteiger partial charge < -0.3 is 10.2 Å². The minimum atomic E-state index is -0.312. The molecule has 1 heterocycles. The second kappa shape index (κ2) is 5.61. The number of anilines is 1. The number of nitrogens with zero attached hydrogens (tertiary/aromatic N) is 1. The van der Waals surface area contributed by atoms with Crippen LogP contribution in [0.15, 0.2) is 22.7 Å². The van der Waals surface area contributed by atoms with Crippen molar-refractivity contribution in [1.29, 1.82) is 0 Å². The molecule has 16 heavy (non-hydrogen) atoms. The molecule has 1 aromatic carbocycles. The predicted octanol–water partition coefficient (Wildman–Crippen LogP) is 1.95. The first kappa shape index (κ1) is 13.4. The first-order valence-electron chi connectivity index (χ1n) is 4.64. The van der Waals surface area contributed by atoms with E-state index in [2.05, 4.69) is 21.2 Å². The number of rotatable bonds is 1. The molecule has 88 valence electrons. The first-order chi connectivity index (χ1) is 7.18. The monoisotopic (exact) mass is 308 g/mol. The molecule has 1 aliphatic rings. The van der Waals surface area contributed by atoms with Gasteiger partial charge in [0.2, 0.25) is 5.91 Å². The zero-order chi connectivity index (χ0) is 10.8. The van der Waals surface area contributed by atoms with Gasteiger partial charge in [-0.15, -0.1) is 12.4 Å². The van der Waals surface area contributed by atoms with E-state index in [0.29, 0.717) is 17.6 Å². The fraction of sp³-hybridized carbons (Fsp3) is 0.300. The maximum atomic E-state index is 12.9. The van der Waals surface area contributed by atoms with E-state index in [1.807, 2.05) is 0 Å². The normalized spacial score (nSPS) is 15.9. The van der Waals surface area contributed by atoms with Crippen LogP contribution in [0.5, 0.6) is 0 Å². The highest BCUT2D eigenvalue weighted by molar-refractivity contribution is 9.10. The fourth-order valence-electron chi connectivity index (χ4n) is 1.56. The van der Waals surface area contributed by atoms with Crippen LogP contribution in [0.1, 0.15) is 0 Å². The van der Waals surface area contributed by atoms with Crippen LogP contribution in [-0.2, 0) is 4.79 Å². The zero-order valence-electron chi connectivity index (χ0n) is 8.37. The number of benzene rings is 1. The third-order valence-electron chi connectivity index (χ3n) is 2.29. The summed E-state index contributed by atoms with van der Waals surface area (Å²) in [6.45, 7) is 1.71. The van der Waals surface area contributed by atoms with E-state index in [-0.39, 0.29) is 24.1 Å². The van der Waals surface area contributed by atoms with Crippen molar-refractivity contribution < 1.29 is 9.18 Å². The van der Waals surface area contributed by atoms with E-state index < -0.39 is 0 Å². The molecular weight excluding hydrogens is 298 g/mol. The summed E-state index contributed by atoms with van der Waals surface area (Å²) in [6, 6.07) is 4.34. The summed E-state index contributed by atoms with van der Waals surface area (Å²) in [5.41, 5.74) is 0.725. The average Bonchev–Trinajstić information content (AvgIpc) is 2.20. The first-order valence-corrected chi connectivity index (χ1v) is 5.44. The lowest BCUT2D eigenvalue weighted by atomic mass is 10.2. The number of carbonyl (C=O) groups is 1. The topological polar surface area (TPSA) is 32.3 Å². The van der Waals surface area contributed by atoms with Crippen molar-refractivity contribution in [3.8, 4) is 0 Å². The summed E-state index contributed by atoms with van der Waals surface area (Å²) in [6.07, 6.45) is 0. The van der Waals surface area contributed by atoms with Gasteiger partial charge in [-0.05, 0) is 34.1 Å². The molecular formula is C10H11BrClFN2O. The highest BCUT2D eigenvalue weighted by atomic mass is 79.9. The van der Waals surface area contributed by atoms with Gasteiger partial charge in [0.25, 0.3) is 0 Å². The summed E-state index contributed by atoms with van der Waals surface area (Å²) in [5.74, 6) is -0.304. The van der Waals surface area contributed by atoms with Crippen molar-refractivity contribution in [3.63, 3.8) is 0 Å². The summed E-state index contributed by atoms with van der Waals surface area (Å²) >= 11 is 3.26. The predicted molar refractivity (Wildman–Crippen MR) is 66.6 cm³/mol. The summed E-state index contributed by atoms with van der Waals surface area (Å²) < 4.78 is 13.5. The number of hydrogen-bond donors (Lipinski definition) is 1. The molecule has 6 heteroatoms. The Kier molecular flexibility index (Phi) is 4.70. The standard InChI is InChI=1S/C10H10BrFN2O.ClH/c11-8-5-7(12)1-2-9(8)14-4-3-13-6-10(14)15;/h1-2,5,13H,3-4,6H2;1H. The Hall–Kier alpha value is -0.650. The van der Waals surface area contributed by atoms with Crippen molar-refractivity contribution >= 4 is 39.9 Å². The van der Waals surface area contributed by atoms with Gasteiger partial charge in [0.05, 0.1) is 12.2 Å². The van der Waals surface area contributed by atoms with E-state index in [9.17, 15) is 9.18 Å². The van der Waals surface area contributed by atoms with Gasteiger partial charge >= 0.3 is 0 Å². The lowest BCUT2D eigenvalue weighted by molar-refractivity contribution is -0.118. The average molecular weight is 310 g/mol. The van der Waals surface area contributed by atoms with Crippen LogP contribution in [0.3, 0.4) is 0 Å². The molecule has 0 atom stereocenters. The second-order valence-corrected chi connectivity index (χ2v) is 4.17. The Bertz CT molecular complexity index is 402. The third-order valence-corrected chi connectivity index (χ3v) is 2.93. The number of amides is 1. The van der Waals surface area contributed by atoms with Gasteiger partial charge in [0, 0.05) is 17.6 Å². The van der Waals surface area contributed by atoms with Crippen LogP contribution in [0.25, 0.3) is 0 Å². The highest BCUT2D eigenvalue weighted by Gasteiger charge is 2.20. The fourth-order valence-corrected chi connectivity index (χ4v) is 2.13. The lowest BCUT2D eigenvalue weighted by Crippen LogP contribution is -2.48. The summed E-state index contributed by atoms with van der Waals surface area (Å²) in [5, 5.41) is 2.98. The molecule has 1 aromatic rings. The number of hydrogen-bond acceptors (Lipinski definition) is 2. The molecule has 1 aliphatic heterocycles. The quantitative estimate of drug-likeness (QED) is 0.860. The number of piperazine rings is 1. The van der Waals surface area contributed by atoms with Gasteiger partial charge in [0.15, 0.2) is 0 Å². The molecule has 2 rings (SSSR count). The third kappa shape index (κ3) is 2.72. The Morgan fingerprint density at radius 2 is 2.19 bits per heavy atom. The molecule has 1 amide bonds. The van der Waals surface area contributed by atoms with Crippen LogP contribution >= 0.6 is 28.3 Å².